The van der Waals surface area contributed by atoms with Crippen LogP contribution in [0.15, 0.2) is 4.42 Å². The van der Waals surface area contributed by atoms with E-state index in [1.165, 1.54) is 0 Å². The third-order valence-electron chi connectivity index (χ3n) is 2.76. The first-order chi connectivity index (χ1) is 7.08. The van der Waals surface area contributed by atoms with Gasteiger partial charge in [-0.15, -0.1) is 0 Å². The van der Waals surface area contributed by atoms with E-state index in [0.717, 1.165) is 30.2 Å². The molecule has 1 heterocycles. The van der Waals surface area contributed by atoms with Gasteiger partial charge in [-0.05, 0) is 12.8 Å². The molecule has 1 atom stereocenters. The summed E-state index contributed by atoms with van der Waals surface area (Å²) in [6.07, 6.45) is 1.86. The van der Waals surface area contributed by atoms with Gasteiger partial charge in [-0.25, -0.2) is 4.98 Å². The van der Waals surface area contributed by atoms with Crippen LogP contribution in [0.5, 0.6) is 0 Å². The molecule has 0 amide bonds. The normalized spacial score (nSPS) is 19.5. The Balaban J connectivity index is 2.22. The Morgan fingerprint density at radius 2 is 2.40 bits per heavy atom. The van der Waals surface area contributed by atoms with E-state index in [2.05, 4.69) is 4.98 Å². The fraction of sp³-hybridized carbons (Fsp3) is 0.636. The van der Waals surface area contributed by atoms with Crippen molar-refractivity contribution < 1.29 is 14.3 Å². The Bertz CT molecular complexity index is 381. The number of aliphatic carboxylic acids is 1. The van der Waals surface area contributed by atoms with Gasteiger partial charge in [0.2, 0.25) is 0 Å². The Hall–Kier alpha value is -1.32. The zero-order valence-electron chi connectivity index (χ0n) is 8.99. The second-order valence-electron chi connectivity index (χ2n) is 4.35. The fourth-order valence-electron chi connectivity index (χ4n) is 1.98. The van der Waals surface area contributed by atoms with E-state index in [-0.39, 0.29) is 18.3 Å². The highest BCUT2D eigenvalue weighted by Crippen LogP contribution is 2.36. The van der Waals surface area contributed by atoms with Crippen LogP contribution in [-0.4, -0.2) is 16.1 Å². The van der Waals surface area contributed by atoms with E-state index in [0.29, 0.717) is 0 Å². The number of fused-ring (bicyclic) bond motifs is 1. The third kappa shape index (κ3) is 1.89. The van der Waals surface area contributed by atoms with E-state index in [1.54, 1.807) is 0 Å². The molecule has 1 aliphatic carbocycles. The second-order valence-corrected chi connectivity index (χ2v) is 4.35. The summed E-state index contributed by atoms with van der Waals surface area (Å²) >= 11 is 0. The monoisotopic (exact) mass is 209 g/mol. The zero-order valence-corrected chi connectivity index (χ0v) is 8.99. The van der Waals surface area contributed by atoms with Crippen LogP contribution in [0.4, 0.5) is 0 Å². The summed E-state index contributed by atoms with van der Waals surface area (Å²) in [7, 11) is 0. The summed E-state index contributed by atoms with van der Waals surface area (Å²) < 4.78 is 5.63. The molecule has 4 nitrogen and oxygen atoms in total. The molecule has 0 bridgehead atoms. The van der Waals surface area contributed by atoms with Crippen LogP contribution in [-0.2, 0) is 11.2 Å². The Morgan fingerprint density at radius 1 is 1.67 bits per heavy atom. The molecule has 82 valence electrons. The molecule has 0 saturated heterocycles. The molecule has 0 aliphatic heterocycles. The van der Waals surface area contributed by atoms with Gasteiger partial charge in [0.05, 0.1) is 12.1 Å². The molecule has 15 heavy (non-hydrogen) atoms. The van der Waals surface area contributed by atoms with Crippen molar-refractivity contribution >= 4 is 5.97 Å². The van der Waals surface area contributed by atoms with Crippen molar-refractivity contribution in [1.29, 1.82) is 0 Å². The number of rotatable bonds is 3. The Labute approximate surface area is 88.3 Å². The van der Waals surface area contributed by atoms with Crippen LogP contribution >= 0.6 is 0 Å². The highest BCUT2D eigenvalue weighted by Gasteiger charge is 2.30. The van der Waals surface area contributed by atoms with Crippen molar-refractivity contribution in [2.24, 2.45) is 0 Å². The average molecular weight is 209 g/mol. The minimum Gasteiger partial charge on any atom is -0.481 e. The Kier molecular flexibility index (Phi) is 2.50. The van der Waals surface area contributed by atoms with Crippen LogP contribution in [0, 0.1) is 0 Å². The highest BCUT2D eigenvalue weighted by atomic mass is 16.4. The molecule has 0 aromatic carbocycles. The molecular formula is C11H15NO3. The molecule has 4 heteroatoms. The number of aryl methyl sites for hydroxylation is 1. The maximum atomic E-state index is 10.6. The summed E-state index contributed by atoms with van der Waals surface area (Å²) in [5.41, 5.74) is 0.963. The van der Waals surface area contributed by atoms with Gasteiger partial charge in [0, 0.05) is 11.8 Å². The van der Waals surface area contributed by atoms with Crippen LogP contribution in [0.1, 0.15) is 55.9 Å². The largest absolute Gasteiger partial charge is 0.481 e. The minimum atomic E-state index is -0.768. The predicted octanol–water partition coefficient (Wildman–Crippen LogP) is 2.30. The SMILES string of the molecule is CC(C)c1nc2c(o1)C(CC(=O)O)CC2. The molecule has 0 fully saturated rings. The number of nitrogens with zero attached hydrogens (tertiary/aromatic N) is 1. The number of oxazole rings is 1. The molecule has 1 N–H and O–H groups in total. The van der Waals surface area contributed by atoms with E-state index in [4.69, 9.17) is 9.52 Å². The molecule has 0 spiro atoms. The van der Waals surface area contributed by atoms with Crippen molar-refractivity contribution in [3.63, 3.8) is 0 Å². The topological polar surface area (TPSA) is 63.3 Å². The quantitative estimate of drug-likeness (QED) is 0.829. The molecule has 0 radical (unpaired) electrons. The van der Waals surface area contributed by atoms with Crippen LogP contribution in [0.2, 0.25) is 0 Å². The summed E-state index contributed by atoms with van der Waals surface area (Å²) in [5, 5.41) is 8.75. The standard InChI is InChI=1S/C11H15NO3/c1-6(2)11-12-8-4-3-7(5-9(13)14)10(8)15-11/h6-7H,3-5H2,1-2H3,(H,13,14). The van der Waals surface area contributed by atoms with Crippen molar-refractivity contribution in [2.45, 2.75) is 44.9 Å². The third-order valence-corrected chi connectivity index (χ3v) is 2.76. The minimum absolute atomic E-state index is 0.0255. The molecule has 1 aromatic rings. The molecule has 0 saturated carbocycles. The van der Waals surface area contributed by atoms with Crippen LogP contribution < -0.4 is 0 Å². The van der Waals surface area contributed by atoms with Crippen molar-refractivity contribution in [2.75, 3.05) is 0 Å². The summed E-state index contributed by atoms with van der Waals surface area (Å²) in [6.45, 7) is 4.04. The average Bonchev–Trinajstić information content (AvgIpc) is 2.66. The Morgan fingerprint density at radius 3 is 3.00 bits per heavy atom. The number of carboxylic acid groups (broad SMARTS) is 1. The summed E-state index contributed by atoms with van der Waals surface area (Å²) in [4.78, 5) is 15.0. The molecule has 1 aliphatic rings. The predicted molar refractivity (Wildman–Crippen MR) is 53.9 cm³/mol. The number of hydrogen-bond acceptors (Lipinski definition) is 3. The van der Waals surface area contributed by atoms with Gasteiger partial charge >= 0.3 is 5.97 Å². The lowest BCUT2D eigenvalue weighted by Gasteiger charge is -2.04. The van der Waals surface area contributed by atoms with Gasteiger partial charge in [0.1, 0.15) is 5.76 Å². The van der Waals surface area contributed by atoms with Crippen molar-refractivity contribution in [1.82, 2.24) is 4.98 Å². The summed E-state index contributed by atoms with van der Waals surface area (Å²) in [5.74, 6) is 1.06. The highest BCUT2D eigenvalue weighted by molar-refractivity contribution is 5.68. The van der Waals surface area contributed by atoms with Crippen molar-refractivity contribution in [3.8, 4) is 0 Å². The number of hydrogen-bond donors (Lipinski definition) is 1. The van der Waals surface area contributed by atoms with E-state index in [9.17, 15) is 4.79 Å². The first-order valence-electron chi connectivity index (χ1n) is 5.29. The van der Waals surface area contributed by atoms with Crippen LogP contribution in [0.3, 0.4) is 0 Å². The van der Waals surface area contributed by atoms with E-state index >= 15 is 0 Å². The van der Waals surface area contributed by atoms with E-state index < -0.39 is 5.97 Å². The maximum Gasteiger partial charge on any atom is 0.304 e. The van der Waals surface area contributed by atoms with Gasteiger partial charge < -0.3 is 9.52 Å². The second kappa shape index (κ2) is 3.68. The lowest BCUT2D eigenvalue weighted by atomic mass is 10.0. The summed E-state index contributed by atoms with van der Waals surface area (Å²) in [6, 6.07) is 0. The first-order valence-corrected chi connectivity index (χ1v) is 5.29. The number of carbonyl (C=O) groups is 1. The van der Waals surface area contributed by atoms with Gasteiger partial charge in [-0.1, -0.05) is 13.8 Å². The molecule has 1 unspecified atom stereocenters. The van der Waals surface area contributed by atoms with Gasteiger partial charge in [-0.2, -0.15) is 0 Å². The van der Waals surface area contributed by atoms with Crippen molar-refractivity contribution in [3.05, 3.63) is 17.3 Å². The van der Waals surface area contributed by atoms with Gasteiger partial charge in [-0.3, -0.25) is 4.79 Å². The smallest absolute Gasteiger partial charge is 0.304 e. The number of carboxylic acids is 1. The van der Waals surface area contributed by atoms with E-state index in [1.807, 2.05) is 13.8 Å². The lowest BCUT2D eigenvalue weighted by molar-refractivity contribution is -0.137. The fourth-order valence-corrected chi connectivity index (χ4v) is 1.98. The zero-order chi connectivity index (χ0) is 11.0. The lowest BCUT2D eigenvalue weighted by Crippen LogP contribution is -2.02. The first kappa shape index (κ1) is 10.2. The van der Waals surface area contributed by atoms with Gasteiger partial charge in [0.25, 0.3) is 0 Å². The number of aromatic nitrogens is 1. The maximum absolute atomic E-state index is 10.6. The molecule has 1 aromatic heterocycles. The molecule has 2 rings (SSSR count). The molecular weight excluding hydrogens is 194 g/mol. The van der Waals surface area contributed by atoms with Crippen LogP contribution in [0.25, 0.3) is 0 Å². The van der Waals surface area contributed by atoms with Gasteiger partial charge in [0.15, 0.2) is 5.89 Å².